The molecule has 2 nitrogen and oxygen atoms in total. The number of pyridine rings is 1. The van der Waals surface area contributed by atoms with Gasteiger partial charge in [-0.05, 0) is 30.2 Å². The minimum atomic E-state index is -0.326. The first-order valence-corrected chi connectivity index (χ1v) is 5.79. The summed E-state index contributed by atoms with van der Waals surface area (Å²) in [7, 11) is 0. The lowest BCUT2D eigenvalue weighted by Gasteiger charge is -2.09. The monoisotopic (exact) mass is 240 g/mol. The van der Waals surface area contributed by atoms with Crippen LogP contribution >= 0.6 is 0 Å². The fourth-order valence-electron chi connectivity index (χ4n) is 1.74. The molecule has 0 bridgehead atoms. The zero-order valence-electron chi connectivity index (χ0n) is 10.3. The fraction of sp³-hybridized carbons (Fsp3) is 0.200. The summed E-state index contributed by atoms with van der Waals surface area (Å²) < 4.78 is 13.2. The summed E-state index contributed by atoms with van der Waals surface area (Å²) in [6.07, 6.45) is 0. The van der Waals surface area contributed by atoms with Gasteiger partial charge in [-0.25, -0.2) is 4.39 Å². The molecule has 1 heterocycles. The van der Waals surface area contributed by atoms with Gasteiger partial charge < -0.3 is 0 Å². The van der Waals surface area contributed by atoms with E-state index >= 15 is 0 Å². The number of hydrogen-bond acceptors (Lipinski definition) is 2. The Morgan fingerprint density at radius 1 is 1.22 bits per heavy atom. The molecule has 0 aliphatic heterocycles. The second kappa shape index (κ2) is 4.97. The minimum absolute atomic E-state index is 0.269. The second-order valence-electron chi connectivity index (χ2n) is 4.41. The third-order valence-corrected chi connectivity index (χ3v) is 2.73. The van der Waals surface area contributed by atoms with Gasteiger partial charge in [-0.3, -0.25) is 4.98 Å². The van der Waals surface area contributed by atoms with Crippen LogP contribution in [0.15, 0.2) is 36.4 Å². The molecule has 3 heteroatoms. The maximum atomic E-state index is 13.2. The highest BCUT2D eigenvalue weighted by atomic mass is 19.1. The van der Waals surface area contributed by atoms with Crippen molar-refractivity contribution >= 4 is 0 Å². The molecule has 0 fully saturated rings. The highest BCUT2D eigenvalue weighted by Crippen LogP contribution is 2.24. The molecule has 0 saturated heterocycles. The first-order chi connectivity index (χ1) is 8.61. The molecule has 0 N–H and O–H groups in total. The molecule has 0 saturated carbocycles. The summed E-state index contributed by atoms with van der Waals surface area (Å²) in [4.78, 5) is 4.47. The molecule has 18 heavy (non-hydrogen) atoms. The highest BCUT2D eigenvalue weighted by Gasteiger charge is 2.10. The van der Waals surface area contributed by atoms with E-state index in [0.717, 1.165) is 5.69 Å². The van der Waals surface area contributed by atoms with Crippen LogP contribution in [0.1, 0.15) is 31.0 Å². The molecule has 90 valence electrons. The summed E-state index contributed by atoms with van der Waals surface area (Å²) in [6, 6.07) is 11.8. The first kappa shape index (κ1) is 12.3. The Balaban J connectivity index is 2.61. The predicted octanol–water partition coefficient (Wildman–Crippen LogP) is 3.88. The Morgan fingerprint density at radius 3 is 2.61 bits per heavy atom. The average Bonchev–Trinajstić information content (AvgIpc) is 2.38. The van der Waals surface area contributed by atoms with Crippen LogP contribution in [0.5, 0.6) is 0 Å². The van der Waals surface area contributed by atoms with Crippen molar-refractivity contribution in [1.29, 1.82) is 5.26 Å². The van der Waals surface area contributed by atoms with E-state index in [1.807, 2.05) is 19.9 Å². The largest absolute Gasteiger partial charge is 0.251 e. The Hall–Kier alpha value is -2.21. The van der Waals surface area contributed by atoms with E-state index in [9.17, 15) is 4.39 Å². The van der Waals surface area contributed by atoms with Gasteiger partial charge >= 0.3 is 0 Å². The van der Waals surface area contributed by atoms with Gasteiger partial charge in [0.2, 0.25) is 0 Å². The number of hydrogen-bond donors (Lipinski definition) is 0. The van der Waals surface area contributed by atoms with Gasteiger partial charge in [-0.15, -0.1) is 0 Å². The summed E-state index contributed by atoms with van der Waals surface area (Å²) in [5, 5.41) is 9.09. The van der Waals surface area contributed by atoms with E-state index in [2.05, 4.69) is 11.1 Å². The van der Waals surface area contributed by atoms with Crippen LogP contribution < -0.4 is 0 Å². The van der Waals surface area contributed by atoms with Gasteiger partial charge in [0.05, 0.1) is 11.3 Å². The molecule has 0 atom stereocenters. The molecular formula is C15H13FN2. The molecule has 1 aromatic carbocycles. The van der Waals surface area contributed by atoms with Crippen molar-refractivity contribution in [3.63, 3.8) is 0 Å². The topological polar surface area (TPSA) is 36.7 Å². The number of nitriles is 1. The minimum Gasteiger partial charge on any atom is -0.251 e. The van der Waals surface area contributed by atoms with Crippen LogP contribution in [-0.4, -0.2) is 4.98 Å². The van der Waals surface area contributed by atoms with E-state index in [1.54, 1.807) is 18.2 Å². The molecule has 0 aliphatic carbocycles. The van der Waals surface area contributed by atoms with Crippen molar-refractivity contribution in [2.45, 2.75) is 19.8 Å². The number of halogens is 1. The molecule has 0 unspecified atom stereocenters. The molecule has 0 radical (unpaired) electrons. The van der Waals surface area contributed by atoms with Gasteiger partial charge in [-0.2, -0.15) is 5.26 Å². The first-order valence-electron chi connectivity index (χ1n) is 5.79. The quantitative estimate of drug-likeness (QED) is 0.798. The molecule has 2 aromatic rings. The van der Waals surface area contributed by atoms with Gasteiger partial charge in [-0.1, -0.05) is 26.0 Å². The highest BCUT2D eigenvalue weighted by molar-refractivity contribution is 5.66. The van der Waals surface area contributed by atoms with E-state index in [0.29, 0.717) is 16.8 Å². The predicted molar refractivity (Wildman–Crippen MR) is 68.4 cm³/mol. The summed E-state index contributed by atoms with van der Waals surface area (Å²) in [5.41, 5.74) is 2.54. The summed E-state index contributed by atoms with van der Waals surface area (Å²) in [5.74, 6) is -0.0572. The molecule has 1 aromatic heterocycles. The number of aromatic nitrogens is 1. The lowest BCUT2D eigenvalue weighted by atomic mass is 10.0. The van der Waals surface area contributed by atoms with Gasteiger partial charge in [0.25, 0.3) is 0 Å². The number of benzene rings is 1. The van der Waals surface area contributed by atoms with E-state index in [-0.39, 0.29) is 11.7 Å². The average molecular weight is 240 g/mol. The van der Waals surface area contributed by atoms with Crippen molar-refractivity contribution < 1.29 is 4.39 Å². The Labute approximate surface area is 106 Å². The van der Waals surface area contributed by atoms with Crippen molar-refractivity contribution in [1.82, 2.24) is 4.98 Å². The van der Waals surface area contributed by atoms with Crippen LogP contribution in [0.25, 0.3) is 11.3 Å². The van der Waals surface area contributed by atoms with Crippen molar-refractivity contribution in [3.05, 3.63) is 53.5 Å². The van der Waals surface area contributed by atoms with Crippen molar-refractivity contribution in [3.8, 4) is 17.3 Å². The smallest absolute Gasteiger partial charge is 0.123 e. The van der Waals surface area contributed by atoms with Gasteiger partial charge in [0, 0.05) is 11.3 Å². The number of rotatable bonds is 2. The Kier molecular flexibility index (Phi) is 3.38. The zero-order chi connectivity index (χ0) is 13.1. The molecule has 2 rings (SSSR count). The van der Waals surface area contributed by atoms with E-state index in [4.69, 9.17) is 5.26 Å². The zero-order valence-corrected chi connectivity index (χ0v) is 10.3. The molecule has 0 amide bonds. The third-order valence-electron chi connectivity index (χ3n) is 2.73. The Bertz CT molecular complexity index is 612. The lowest BCUT2D eigenvalue weighted by Crippen LogP contribution is -1.97. The van der Waals surface area contributed by atoms with Crippen LogP contribution in [0.2, 0.25) is 0 Å². The molecule has 0 spiro atoms. The van der Waals surface area contributed by atoms with Crippen LogP contribution in [-0.2, 0) is 0 Å². The van der Waals surface area contributed by atoms with E-state index in [1.165, 1.54) is 12.1 Å². The maximum Gasteiger partial charge on any atom is 0.123 e. The van der Waals surface area contributed by atoms with Crippen molar-refractivity contribution in [2.24, 2.45) is 0 Å². The lowest BCUT2D eigenvalue weighted by molar-refractivity contribution is 0.628. The standard InChI is InChI=1S/C15H13FN2/c1-10(2)14-7-6-12(9-17)15(18-14)11-4-3-5-13(16)8-11/h3-8,10H,1-2H3. The number of nitrogens with zero attached hydrogens (tertiary/aromatic N) is 2. The van der Waals surface area contributed by atoms with Crippen LogP contribution in [0, 0.1) is 17.1 Å². The van der Waals surface area contributed by atoms with Crippen molar-refractivity contribution in [2.75, 3.05) is 0 Å². The normalized spacial score (nSPS) is 10.4. The van der Waals surface area contributed by atoms with Crippen LogP contribution in [0.3, 0.4) is 0 Å². The van der Waals surface area contributed by atoms with Gasteiger partial charge in [0.1, 0.15) is 11.9 Å². The molecule has 0 aliphatic rings. The maximum absolute atomic E-state index is 13.2. The van der Waals surface area contributed by atoms with Crippen LogP contribution in [0.4, 0.5) is 4.39 Å². The third kappa shape index (κ3) is 2.38. The Morgan fingerprint density at radius 2 is 2.00 bits per heavy atom. The van der Waals surface area contributed by atoms with Gasteiger partial charge in [0.15, 0.2) is 0 Å². The summed E-state index contributed by atoms with van der Waals surface area (Å²) in [6.45, 7) is 4.06. The summed E-state index contributed by atoms with van der Waals surface area (Å²) >= 11 is 0. The fourth-order valence-corrected chi connectivity index (χ4v) is 1.74. The van der Waals surface area contributed by atoms with E-state index < -0.39 is 0 Å². The SMILES string of the molecule is CC(C)c1ccc(C#N)c(-c2cccc(F)c2)n1. The second-order valence-corrected chi connectivity index (χ2v) is 4.41. The molecular weight excluding hydrogens is 227 g/mol.